The minimum atomic E-state index is -4.73. The zero-order valence-corrected chi connectivity index (χ0v) is 29.6. The molecule has 0 fully saturated rings. The van der Waals surface area contributed by atoms with Crippen LogP contribution in [0, 0.1) is 5.92 Å². The van der Waals surface area contributed by atoms with Crippen molar-refractivity contribution in [2.24, 2.45) is 5.92 Å². The first-order chi connectivity index (χ1) is 21.1. The normalized spacial score (nSPS) is 12.5. The van der Waals surface area contributed by atoms with Gasteiger partial charge in [-0.3, -0.25) is 14.1 Å². The number of esters is 2. The van der Waals surface area contributed by atoms with E-state index in [1.165, 1.54) is 103 Å². The molecule has 0 radical (unpaired) electrons. The average molecular weight is 649 g/mol. The van der Waals surface area contributed by atoms with Gasteiger partial charge in [-0.1, -0.05) is 162 Å². The zero-order valence-electron chi connectivity index (χ0n) is 28.7. The maximum atomic E-state index is 12.2. The molecule has 262 valence electrons. The van der Waals surface area contributed by atoms with Crippen LogP contribution in [0.3, 0.4) is 0 Å². The smallest absolute Gasteiger partial charge is 0.462 e. The molecule has 44 heavy (non-hydrogen) atoms. The molecule has 0 aromatic heterocycles. The van der Waals surface area contributed by atoms with E-state index in [1.54, 1.807) is 0 Å². The number of ether oxygens (including phenoxy) is 2. The summed E-state index contributed by atoms with van der Waals surface area (Å²) < 4.78 is 26.0. The van der Waals surface area contributed by atoms with Gasteiger partial charge in [0.2, 0.25) is 0 Å². The first-order valence-electron chi connectivity index (χ1n) is 18.2. The first-order valence-corrected chi connectivity index (χ1v) is 19.7. The van der Waals surface area contributed by atoms with Gasteiger partial charge in [-0.05, 0) is 18.8 Å². The SMILES string of the molecule is CCCCCCCC(=O)O[C@H](COC(=O)CCCCCCCCCCCCCCCCCCCCC(C)C)COP(=O)(O)O. The third kappa shape index (κ3) is 33.9. The maximum absolute atomic E-state index is 12.2. The third-order valence-electron chi connectivity index (χ3n) is 8.05. The Kier molecular flexibility index (Phi) is 30.0. The Hall–Kier alpha value is -0.950. The summed E-state index contributed by atoms with van der Waals surface area (Å²) in [6.45, 7) is 5.93. The molecule has 0 amide bonds. The standard InChI is InChI=1S/C35H69O8P/c1-4-5-6-21-26-29-35(37)43-33(31-42-44(38,39)40)30-41-34(36)28-25-23-20-18-16-14-12-10-8-7-9-11-13-15-17-19-22-24-27-32(2)3/h32-33H,4-31H2,1-3H3,(H2,38,39,40)/t33-/m1/s1. The van der Waals surface area contributed by atoms with Crippen LogP contribution in [-0.4, -0.2) is 41.0 Å². The van der Waals surface area contributed by atoms with Crippen LogP contribution in [0.1, 0.15) is 188 Å². The highest BCUT2D eigenvalue weighted by Crippen LogP contribution is 2.36. The van der Waals surface area contributed by atoms with Crippen molar-refractivity contribution in [2.45, 2.75) is 194 Å². The number of phosphoric ester groups is 1. The number of carbonyl (C=O) groups is 2. The van der Waals surface area contributed by atoms with Crippen molar-refractivity contribution < 1.29 is 37.9 Å². The zero-order chi connectivity index (χ0) is 32.7. The molecule has 1 atom stereocenters. The topological polar surface area (TPSA) is 119 Å². The van der Waals surface area contributed by atoms with Crippen LogP contribution in [0.4, 0.5) is 0 Å². The lowest BCUT2D eigenvalue weighted by Gasteiger charge is -2.18. The molecule has 0 saturated heterocycles. The number of phosphoric acid groups is 1. The van der Waals surface area contributed by atoms with Crippen molar-refractivity contribution in [3.63, 3.8) is 0 Å². The van der Waals surface area contributed by atoms with E-state index in [1.807, 2.05) is 0 Å². The predicted molar refractivity (Wildman–Crippen MR) is 179 cm³/mol. The Bertz CT molecular complexity index is 709. The Morgan fingerprint density at radius 3 is 1.36 bits per heavy atom. The van der Waals surface area contributed by atoms with Crippen molar-refractivity contribution >= 4 is 19.8 Å². The number of hydrogen-bond acceptors (Lipinski definition) is 6. The largest absolute Gasteiger partial charge is 0.469 e. The summed E-state index contributed by atoms with van der Waals surface area (Å²) >= 11 is 0. The fourth-order valence-electron chi connectivity index (χ4n) is 5.32. The second-order valence-electron chi connectivity index (χ2n) is 13.0. The highest BCUT2D eigenvalue weighted by Gasteiger charge is 2.22. The van der Waals surface area contributed by atoms with E-state index < -0.39 is 32.5 Å². The molecule has 0 saturated carbocycles. The van der Waals surface area contributed by atoms with E-state index in [2.05, 4.69) is 25.3 Å². The van der Waals surface area contributed by atoms with E-state index in [-0.39, 0.29) is 19.4 Å². The van der Waals surface area contributed by atoms with E-state index in [4.69, 9.17) is 19.3 Å². The molecule has 0 aromatic carbocycles. The van der Waals surface area contributed by atoms with Crippen LogP contribution >= 0.6 is 7.82 Å². The number of carbonyl (C=O) groups excluding carboxylic acids is 2. The van der Waals surface area contributed by atoms with Crippen molar-refractivity contribution in [2.75, 3.05) is 13.2 Å². The molecular formula is C35H69O8P. The fraction of sp³-hybridized carbons (Fsp3) is 0.943. The van der Waals surface area contributed by atoms with Crippen LogP contribution < -0.4 is 0 Å². The van der Waals surface area contributed by atoms with E-state index >= 15 is 0 Å². The molecule has 0 spiro atoms. The van der Waals surface area contributed by atoms with Crippen molar-refractivity contribution in [1.29, 1.82) is 0 Å². The second-order valence-corrected chi connectivity index (χ2v) is 14.3. The molecule has 0 aliphatic rings. The number of hydrogen-bond donors (Lipinski definition) is 2. The number of rotatable bonds is 33. The molecule has 0 rings (SSSR count). The Balaban J connectivity index is 3.71. The minimum Gasteiger partial charge on any atom is -0.462 e. The van der Waals surface area contributed by atoms with Gasteiger partial charge in [0, 0.05) is 12.8 Å². The molecule has 2 N–H and O–H groups in total. The lowest BCUT2D eigenvalue weighted by Crippen LogP contribution is -2.29. The van der Waals surface area contributed by atoms with Gasteiger partial charge in [0.15, 0.2) is 6.10 Å². The molecule has 0 aromatic rings. The molecule has 0 aliphatic heterocycles. The van der Waals surface area contributed by atoms with Gasteiger partial charge in [-0.15, -0.1) is 0 Å². The summed E-state index contributed by atoms with van der Waals surface area (Å²) in [5.41, 5.74) is 0. The minimum absolute atomic E-state index is 0.211. The lowest BCUT2D eigenvalue weighted by molar-refractivity contribution is -0.161. The summed E-state index contributed by atoms with van der Waals surface area (Å²) in [6.07, 6.45) is 28.9. The predicted octanol–water partition coefficient (Wildman–Crippen LogP) is 10.4. The highest BCUT2D eigenvalue weighted by molar-refractivity contribution is 7.46. The Morgan fingerprint density at radius 2 is 0.955 bits per heavy atom. The van der Waals surface area contributed by atoms with Gasteiger partial charge in [-0.25, -0.2) is 4.57 Å². The molecular weight excluding hydrogens is 579 g/mol. The molecule has 0 aliphatic carbocycles. The monoisotopic (exact) mass is 648 g/mol. The van der Waals surface area contributed by atoms with Gasteiger partial charge in [0.05, 0.1) is 6.61 Å². The van der Waals surface area contributed by atoms with Gasteiger partial charge in [0.1, 0.15) is 6.61 Å². The summed E-state index contributed by atoms with van der Waals surface area (Å²) in [4.78, 5) is 42.2. The van der Waals surface area contributed by atoms with E-state index in [0.717, 1.165) is 50.9 Å². The van der Waals surface area contributed by atoms with Crippen LogP contribution in [0.2, 0.25) is 0 Å². The molecule has 8 nitrogen and oxygen atoms in total. The van der Waals surface area contributed by atoms with E-state index in [0.29, 0.717) is 6.42 Å². The van der Waals surface area contributed by atoms with E-state index in [9.17, 15) is 14.2 Å². The maximum Gasteiger partial charge on any atom is 0.469 e. The Morgan fingerprint density at radius 1 is 0.568 bits per heavy atom. The summed E-state index contributed by atoms with van der Waals surface area (Å²) in [7, 11) is -4.73. The molecule has 0 unspecified atom stereocenters. The summed E-state index contributed by atoms with van der Waals surface area (Å²) in [5.74, 6) is -0.0377. The molecule has 0 bridgehead atoms. The summed E-state index contributed by atoms with van der Waals surface area (Å²) in [6, 6.07) is 0. The van der Waals surface area contributed by atoms with Crippen molar-refractivity contribution in [3.05, 3.63) is 0 Å². The van der Waals surface area contributed by atoms with Crippen LogP contribution in [-0.2, 0) is 28.2 Å². The van der Waals surface area contributed by atoms with Crippen molar-refractivity contribution in [1.82, 2.24) is 0 Å². The fourth-order valence-corrected chi connectivity index (χ4v) is 5.68. The average Bonchev–Trinajstić information content (AvgIpc) is 2.96. The van der Waals surface area contributed by atoms with Gasteiger partial charge < -0.3 is 19.3 Å². The second kappa shape index (κ2) is 30.7. The van der Waals surface area contributed by atoms with Gasteiger partial charge >= 0.3 is 19.8 Å². The lowest BCUT2D eigenvalue weighted by atomic mass is 10.0. The van der Waals surface area contributed by atoms with Crippen LogP contribution in [0.15, 0.2) is 0 Å². The third-order valence-corrected chi connectivity index (χ3v) is 8.54. The highest BCUT2D eigenvalue weighted by atomic mass is 31.2. The molecule has 0 heterocycles. The quantitative estimate of drug-likeness (QED) is 0.0410. The van der Waals surface area contributed by atoms with Gasteiger partial charge in [-0.2, -0.15) is 0 Å². The van der Waals surface area contributed by atoms with Crippen LogP contribution in [0.5, 0.6) is 0 Å². The Labute approximate surface area is 270 Å². The number of unbranched alkanes of at least 4 members (excludes halogenated alkanes) is 21. The van der Waals surface area contributed by atoms with Gasteiger partial charge in [0.25, 0.3) is 0 Å². The van der Waals surface area contributed by atoms with Crippen LogP contribution in [0.25, 0.3) is 0 Å². The summed E-state index contributed by atoms with van der Waals surface area (Å²) in [5, 5.41) is 0. The molecule has 9 heteroatoms. The first kappa shape index (κ1) is 43.0. The van der Waals surface area contributed by atoms with Crippen molar-refractivity contribution in [3.8, 4) is 0 Å².